The molecule has 0 radical (unpaired) electrons. The molecule has 0 fully saturated rings. The number of nitrogens with zero attached hydrogens (tertiary/aromatic N) is 2. The molecule has 0 saturated carbocycles. The average molecular weight is 423 g/mol. The molecule has 5 nitrogen and oxygen atoms in total. The van der Waals surface area contributed by atoms with E-state index in [9.17, 15) is 14.9 Å². The van der Waals surface area contributed by atoms with Crippen LogP contribution < -0.4 is 0 Å². The van der Waals surface area contributed by atoms with E-state index in [1.165, 1.54) is 7.11 Å². The van der Waals surface area contributed by atoms with Crippen LogP contribution in [0.25, 0.3) is 5.57 Å². The van der Waals surface area contributed by atoms with Crippen molar-refractivity contribution in [2.75, 3.05) is 7.11 Å². The van der Waals surface area contributed by atoms with Gasteiger partial charge in [0, 0.05) is 13.0 Å². The highest BCUT2D eigenvalue weighted by molar-refractivity contribution is 5.85. The van der Waals surface area contributed by atoms with Crippen molar-refractivity contribution in [1.82, 2.24) is 4.90 Å². The highest BCUT2D eigenvalue weighted by Gasteiger charge is 2.33. The Bertz CT molecular complexity index is 858. The summed E-state index contributed by atoms with van der Waals surface area (Å²) in [5, 5.41) is 9.42. The Hall–Kier alpha value is -3.13. The minimum Gasteiger partial charge on any atom is -0.467 e. The van der Waals surface area contributed by atoms with E-state index in [0.717, 1.165) is 29.5 Å². The molecular weight excluding hydrogens is 388 g/mol. The van der Waals surface area contributed by atoms with Crippen LogP contribution >= 0.6 is 0 Å². The molecule has 0 bridgehead atoms. The zero-order valence-corrected chi connectivity index (χ0v) is 19.4. The van der Waals surface area contributed by atoms with Crippen LogP contribution in [0.2, 0.25) is 0 Å². The molecule has 1 unspecified atom stereocenters. The van der Waals surface area contributed by atoms with Crippen LogP contribution in [0.5, 0.6) is 0 Å². The van der Waals surface area contributed by atoms with Gasteiger partial charge in [-0.3, -0.25) is 4.79 Å². The Morgan fingerprint density at radius 1 is 1.26 bits per heavy atom. The Balaban J connectivity index is 3.29. The standard InChI is InChI=1S/C26H34N2O3/c1-7-10-12-24(29)28(25(19(4)5)26(30)31-6)18-20-13-15-21(16-14-20)23(9-3)22(17-27)11-8-2/h8-9,11,13-16,19,25H,3,7,10,12,18H2,1-2,4-6H3/b11-8-,23-22-. The second-order valence-corrected chi connectivity index (χ2v) is 7.68. The highest BCUT2D eigenvalue weighted by atomic mass is 16.5. The number of carbonyl (C=O) groups excluding carboxylic acids is 2. The molecule has 166 valence electrons. The summed E-state index contributed by atoms with van der Waals surface area (Å²) in [6.07, 6.45) is 7.31. The summed E-state index contributed by atoms with van der Waals surface area (Å²) in [5.41, 5.74) is 3.05. The first-order valence-corrected chi connectivity index (χ1v) is 10.7. The third-order valence-electron chi connectivity index (χ3n) is 5.04. The van der Waals surface area contributed by atoms with Gasteiger partial charge in [0.2, 0.25) is 5.91 Å². The van der Waals surface area contributed by atoms with Crippen LogP contribution in [0.4, 0.5) is 0 Å². The molecule has 5 heteroatoms. The molecule has 1 rings (SSSR count). The number of unbranched alkanes of at least 4 members (excludes halogenated alkanes) is 1. The van der Waals surface area contributed by atoms with Gasteiger partial charge in [-0.25, -0.2) is 4.79 Å². The number of hydrogen-bond acceptors (Lipinski definition) is 4. The molecule has 1 atom stereocenters. The van der Waals surface area contributed by atoms with Crippen molar-refractivity contribution >= 4 is 17.4 Å². The van der Waals surface area contributed by atoms with E-state index >= 15 is 0 Å². The Kier molecular flexibility index (Phi) is 11.1. The predicted octanol–water partition coefficient (Wildman–Crippen LogP) is 5.44. The van der Waals surface area contributed by atoms with E-state index in [0.29, 0.717) is 18.5 Å². The van der Waals surface area contributed by atoms with Crippen LogP contribution in [0.15, 0.2) is 54.6 Å². The number of benzene rings is 1. The van der Waals surface area contributed by atoms with E-state index in [1.807, 2.05) is 58.0 Å². The van der Waals surface area contributed by atoms with Gasteiger partial charge < -0.3 is 9.64 Å². The normalized spacial score (nSPS) is 12.8. The molecule has 0 N–H and O–H groups in total. The molecule has 0 heterocycles. The maximum atomic E-state index is 12.9. The number of carbonyl (C=O) groups is 2. The van der Waals surface area contributed by atoms with E-state index in [-0.39, 0.29) is 11.8 Å². The van der Waals surface area contributed by atoms with Gasteiger partial charge in [-0.2, -0.15) is 5.26 Å². The third kappa shape index (κ3) is 7.25. The summed E-state index contributed by atoms with van der Waals surface area (Å²) in [6.45, 7) is 11.9. The topological polar surface area (TPSA) is 70.4 Å². The minimum absolute atomic E-state index is 0.0541. The maximum absolute atomic E-state index is 12.9. The number of allylic oxidation sites excluding steroid dienone is 5. The van der Waals surface area contributed by atoms with Crippen molar-refractivity contribution < 1.29 is 14.3 Å². The van der Waals surface area contributed by atoms with Gasteiger partial charge in [0.05, 0.1) is 18.8 Å². The first kappa shape index (κ1) is 25.9. The van der Waals surface area contributed by atoms with Crippen molar-refractivity contribution in [1.29, 1.82) is 5.26 Å². The number of esters is 1. The summed E-state index contributed by atoms with van der Waals surface area (Å²) in [4.78, 5) is 27.0. The van der Waals surface area contributed by atoms with Crippen molar-refractivity contribution in [2.24, 2.45) is 5.92 Å². The van der Waals surface area contributed by atoms with Gasteiger partial charge in [0.1, 0.15) is 6.04 Å². The van der Waals surface area contributed by atoms with Gasteiger partial charge >= 0.3 is 5.97 Å². The summed E-state index contributed by atoms with van der Waals surface area (Å²) in [6, 6.07) is 9.20. The molecule has 0 aliphatic carbocycles. The number of ether oxygens (including phenoxy) is 1. The van der Waals surface area contributed by atoms with E-state index in [2.05, 4.69) is 12.6 Å². The predicted molar refractivity (Wildman–Crippen MR) is 125 cm³/mol. The molecule has 0 spiro atoms. The van der Waals surface area contributed by atoms with Crippen LogP contribution in [0.1, 0.15) is 58.1 Å². The molecule has 0 aliphatic rings. The minimum atomic E-state index is -0.641. The number of amides is 1. The quantitative estimate of drug-likeness (QED) is 0.270. The highest BCUT2D eigenvalue weighted by Crippen LogP contribution is 2.23. The summed E-state index contributed by atoms with van der Waals surface area (Å²) >= 11 is 0. The van der Waals surface area contributed by atoms with Gasteiger partial charge in [-0.15, -0.1) is 0 Å². The van der Waals surface area contributed by atoms with E-state index in [1.54, 1.807) is 17.1 Å². The van der Waals surface area contributed by atoms with Gasteiger partial charge in [-0.1, -0.05) is 70.2 Å². The smallest absolute Gasteiger partial charge is 0.328 e. The zero-order valence-electron chi connectivity index (χ0n) is 19.4. The van der Waals surface area contributed by atoms with Crippen LogP contribution in [-0.4, -0.2) is 29.9 Å². The second-order valence-electron chi connectivity index (χ2n) is 7.68. The summed E-state index contributed by atoms with van der Waals surface area (Å²) in [5.74, 6) is -0.536. The van der Waals surface area contributed by atoms with Crippen LogP contribution in [-0.2, 0) is 20.9 Å². The fourth-order valence-corrected chi connectivity index (χ4v) is 3.42. The molecule has 1 aromatic rings. The lowest BCUT2D eigenvalue weighted by Crippen LogP contribution is -2.48. The lowest BCUT2D eigenvalue weighted by molar-refractivity contribution is -0.155. The molecule has 0 saturated heterocycles. The van der Waals surface area contributed by atoms with Crippen LogP contribution in [0.3, 0.4) is 0 Å². The number of methoxy groups -OCH3 is 1. The molecule has 0 aromatic heterocycles. The second kappa shape index (κ2) is 13.2. The number of rotatable bonds is 11. The maximum Gasteiger partial charge on any atom is 0.328 e. The Morgan fingerprint density at radius 2 is 1.90 bits per heavy atom. The van der Waals surface area contributed by atoms with E-state index < -0.39 is 12.0 Å². The Labute approximate surface area is 186 Å². The molecule has 31 heavy (non-hydrogen) atoms. The molecular formula is C26H34N2O3. The van der Waals surface area contributed by atoms with Crippen molar-refractivity contribution in [3.05, 3.63) is 65.8 Å². The monoisotopic (exact) mass is 422 g/mol. The van der Waals surface area contributed by atoms with Crippen LogP contribution in [0, 0.1) is 17.2 Å². The van der Waals surface area contributed by atoms with Crippen molar-refractivity contribution in [2.45, 2.75) is 59.5 Å². The zero-order chi connectivity index (χ0) is 23.4. The molecule has 0 aliphatic heterocycles. The third-order valence-corrected chi connectivity index (χ3v) is 5.04. The van der Waals surface area contributed by atoms with Crippen molar-refractivity contribution in [3.8, 4) is 6.07 Å². The summed E-state index contributed by atoms with van der Waals surface area (Å²) in [7, 11) is 1.35. The van der Waals surface area contributed by atoms with Gasteiger partial charge in [-0.05, 0) is 42.0 Å². The van der Waals surface area contributed by atoms with Crippen molar-refractivity contribution in [3.63, 3.8) is 0 Å². The Morgan fingerprint density at radius 3 is 2.35 bits per heavy atom. The molecule has 1 aromatic carbocycles. The fourth-order valence-electron chi connectivity index (χ4n) is 3.42. The largest absolute Gasteiger partial charge is 0.467 e. The first-order valence-electron chi connectivity index (χ1n) is 10.7. The first-order chi connectivity index (χ1) is 14.8. The number of nitriles is 1. The fraction of sp³-hybridized carbons (Fsp3) is 0.423. The summed E-state index contributed by atoms with van der Waals surface area (Å²) < 4.78 is 4.99. The number of hydrogen-bond donors (Lipinski definition) is 0. The lowest BCUT2D eigenvalue weighted by atomic mass is 9.97. The lowest BCUT2D eigenvalue weighted by Gasteiger charge is -2.32. The average Bonchev–Trinajstić information content (AvgIpc) is 2.77. The van der Waals surface area contributed by atoms with Gasteiger partial charge in [0.15, 0.2) is 0 Å². The SMILES string of the molecule is C=C/C(=C(C#N)\C=C/C)c1ccc(CN(C(=O)CCCC)C(C(=O)OC)C(C)C)cc1. The van der Waals surface area contributed by atoms with Gasteiger partial charge in [0.25, 0.3) is 0 Å². The molecule has 1 amide bonds. The van der Waals surface area contributed by atoms with E-state index in [4.69, 9.17) is 4.74 Å².